The van der Waals surface area contributed by atoms with Crippen molar-refractivity contribution >= 4 is 6.09 Å². The predicted octanol–water partition coefficient (Wildman–Crippen LogP) is 1.90. The number of cyclic esters (lactones) is 1. The Morgan fingerprint density at radius 2 is 1.71 bits per heavy atom. The van der Waals surface area contributed by atoms with Gasteiger partial charge >= 0.3 is 6.09 Å². The van der Waals surface area contributed by atoms with E-state index in [9.17, 15) is 4.79 Å². The third-order valence-corrected chi connectivity index (χ3v) is 4.28. The van der Waals surface area contributed by atoms with Gasteiger partial charge in [-0.15, -0.1) is 0 Å². The van der Waals surface area contributed by atoms with Crippen molar-refractivity contribution in [1.82, 2.24) is 15.5 Å². The number of hydrogen-bond donors (Lipinski definition) is 2. The zero-order valence-electron chi connectivity index (χ0n) is 13.0. The first-order chi connectivity index (χ1) is 10.4. The molecule has 0 saturated carbocycles. The average molecular weight is 295 g/mol. The summed E-state index contributed by atoms with van der Waals surface area (Å²) >= 11 is 0. The highest BCUT2D eigenvalue weighted by Crippen LogP contribution is 2.25. The number of piperidine rings is 2. The van der Waals surface area contributed by atoms with Crippen molar-refractivity contribution in [3.05, 3.63) is 12.2 Å². The molecular formula is C16H29N3O2. The molecule has 3 fully saturated rings. The number of rotatable bonds is 0. The lowest BCUT2D eigenvalue weighted by Crippen LogP contribution is -2.42. The summed E-state index contributed by atoms with van der Waals surface area (Å²) in [6.45, 7) is 6.12. The molecule has 0 aromatic carbocycles. The normalized spacial score (nSPS) is 24.9. The first-order valence-corrected chi connectivity index (χ1v) is 8.36. The van der Waals surface area contributed by atoms with Crippen molar-refractivity contribution in [2.45, 2.75) is 44.6 Å². The highest BCUT2D eigenvalue weighted by atomic mass is 16.6. The molecule has 0 aromatic heterocycles. The van der Waals surface area contributed by atoms with E-state index in [4.69, 9.17) is 0 Å². The van der Waals surface area contributed by atoms with Gasteiger partial charge in [-0.05, 0) is 38.8 Å². The Hall–Kier alpha value is -1.07. The Morgan fingerprint density at radius 3 is 2.05 bits per heavy atom. The summed E-state index contributed by atoms with van der Waals surface area (Å²) in [4.78, 5) is 12.6. The second-order valence-corrected chi connectivity index (χ2v) is 5.87. The van der Waals surface area contributed by atoms with E-state index in [1.807, 2.05) is 0 Å². The van der Waals surface area contributed by atoms with Crippen LogP contribution in [-0.2, 0) is 4.74 Å². The van der Waals surface area contributed by atoms with Crippen LogP contribution in [0.4, 0.5) is 4.79 Å². The number of nitrogens with zero attached hydrogens (tertiary/aromatic N) is 1. The molecule has 2 N–H and O–H groups in total. The minimum Gasteiger partial charge on any atom is -0.448 e. The van der Waals surface area contributed by atoms with Crippen molar-refractivity contribution in [3.8, 4) is 0 Å². The van der Waals surface area contributed by atoms with E-state index in [-0.39, 0.29) is 6.09 Å². The Bertz CT molecular complexity index is 293. The van der Waals surface area contributed by atoms with Crippen molar-refractivity contribution in [3.63, 3.8) is 0 Å². The molecule has 5 nitrogen and oxygen atoms in total. The highest BCUT2D eigenvalue weighted by molar-refractivity contribution is 5.68. The van der Waals surface area contributed by atoms with Crippen LogP contribution in [0.25, 0.3) is 0 Å². The summed E-state index contributed by atoms with van der Waals surface area (Å²) < 4.78 is 4.40. The van der Waals surface area contributed by atoms with Gasteiger partial charge in [0.25, 0.3) is 0 Å². The van der Waals surface area contributed by atoms with E-state index in [1.165, 1.54) is 51.6 Å². The zero-order chi connectivity index (χ0) is 14.8. The Balaban J connectivity index is 0.000000126. The summed E-state index contributed by atoms with van der Waals surface area (Å²) in [6, 6.07) is 0.988. The quantitative estimate of drug-likeness (QED) is 0.670. The number of hydrogen-bond acceptors (Lipinski definition) is 4. The molecule has 21 heavy (non-hydrogen) atoms. The predicted molar refractivity (Wildman–Crippen MR) is 84.4 cm³/mol. The van der Waals surface area contributed by atoms with Crippen LogP contribution in [0, 0.1) is 0 Å². The van der Waals surface area contributed by atoms with Gasteiger partial charge in [-0.1, -0.05) is 25.0 Å². The van der Waals surface area contributed by atoms with Crippen LogP contribution in [0.15, 0.2) is 12.2 Å². The molecule has 5 heteroatoms. The number of amides is 1. The molecule has 0 atom stereocenters. The topological polar surface area (TPSA) is 53.6 Å². The molecule has 4 heterocycles. The largest absolute Gasteiger partial charge is 0.448 e. The average Bonchev–Trinajstić information content (AvgIpc) is 3.24. The Morgan fingerprint density at radius 1 is 1.05 bits per heavy atom. The molecule has 0 aromatic rings. The van der Waals surface area contributed by atoms with E-state index in [1.54, 1.807) is 0 Å². The van der Waals surface area contributed by atoms with Crippen molar-refractivity contribution in [1.29, 1.82) is 0 Å². The van der Waals surface area contributed by atoms with Gasteiger partial charge in [-0.3, -0.25) is 0 Å². The van der Waals surface area contributed by atoms with E-state index in [0.717, 1.165) is 19.1 Å². The summed E-state index contributed by atoms with van der Waals surface area (Å²) in [6.07, 6.45) is 12.8. The maximum Gasteiger partial charge on any atom is 0.407 e. The number of fused-ring (bicyclic) bond motifs is 1. The van der Waals surface area contributed by atoms with Gasteiger partial charge in [0.15, 0.2) is 0 Å². The fourth-order valence-electron chi connectivity index (χ4n) is 3.14. The van der Waals surface area contributed by atoms with E-state index < -0.39 is 0 Å². The van der Waals surface area contributed by atoms with Crippen molar-refractivity contribution < 1.29 is 9.53 Å². The minimum atomic E-state index is -0.296. The van der Waals surface area contributed by atoms with E-state index in [0.29, 0.717) is 13.2 Å². The smallest absolute Gasteiger partial charge is 0.407 e. The van der Waals surface area contributed by atoms with E-state index >= 15 is 0 Å². The molecule has 1 amide bonds. The highest BCUT2D eigenvalue weighted by Gasteiger charge is 2.24. The van der Waals surface area contributed by atoms with Crippen LogP contribution < -0.4 is 10.6 Å². The lowest BCUT2D eigenvalue weighted by Gasteiger charge is -2.39. The summed E-state index contributed by atoms with van der Waals surface area (Å²) in [5.74, 6) is 0. The maximum absolute atomic E-state index is 9.91. The molecule has 4 aliphatic rings. The second-order valence-electron chi connectivity index (χ2n) is 5.87. The molecule has 0 unspecified atom stereocenters. The lowest BCUT2D eigenvalue weighted by molar-refractivity contribution is 0.109. The Labute approximate surface area is 128 Å². The van der Waals surface area contributed by atoms with Gasteiger partial charge in [0, 0.05) is 19.1 Å². The number of carbonyl (C=O) groups excluding carboxylic acids is 1. The first-order valence-electron chi connectivity index (χ1n) is 8.36. The maximum atomic E-state index is 9.91. The third kappa shape index (κ3) is 6.48. The van der Waals surface area contributed by atoms with Gasteiger partial charge in [0.05, 0.1) is 6.54 Å². The zero-order valence-corrected chi connectivity index (χ0v) is 13.0. The number of nitrogens with one attached hydrogen (secondary N) is 2. The number of ether oxygens (including phenoxy) is 1. The third-order valence-electron chi connectivity index (χ3n) is 4.28. The van der Waals surface area contributed by atoms with Gasteiger partial charge in [-0.25, -0.2) is 4.79 Å². The molecule has 120 valence electrons. The summed E-state index contributed by atoms with van der Waals surface area (Å²) in [7, 11) is 0. The second kappa shape index (κ2) is 9.79. The van der Waals surface area contributed by atoms with Crippen LogP contribution in [-0.4, -0.2) is 56.4 Å². The first kappa shape index (κ1) is 16.3. The fourth-order valence-corrected chi connectivity index (χ4v) is 3.14. The van der Waals surface area contributed by atoms with Gasteiger partial charge in [0.1, 0.15) is 6.61 Å². The van der Waals surface area contributed by atoms with Crippen LogP contribution in [0.5, 0.6) is 0 Å². The molecule has 4 aliphatic heterocycles. The van der Waals surface area contributed by atoms with Crippen molar-refractivity contribution in [2.75, 3.05) is 39.3 Å². The van der Waals surface area contributed by atoms with Crippen LogP contribution in [0.3, 0.4) is 0 Å². The molecule has 0 radical (unpaired) electrons. The monoisotopic (exact) mass is 295 g/mol. The lowest BCUT2D eigenvalue weighted by atomic mass is 9.93. The molecule has 0 aliphatic carbocycles. The standard InChI is InChI=1S/C9H17N.C4H7N.C3H5NO2/c1-3-7-10-8-4-2-6-9(10)5-1;1-2-4-5-3-1;5-3-4-1-2-6-3/h9H,1-8H2;1-2,5H,3-4H2;1-2H2,(H,4,5). The van der Waals surface area contributed by atoms with Crippen LogP contribution >= 0.6 is 0 Å². The van der Waals surface area contributed by atoms with Crippen LogP contribution in [0.1, 0.15) is 38.5 Å². The molecule has 3 saturated heterocycles. The SMILES string of the molecule is C1=CCNC1.C1CCN2CCCCC2C1.O=C1NCCO1. The molecular weight excluding hydrogens is 266 g/mol. The van der Waals surface area contributed by atoms with Gasteiger partial charge < -0.3 is 20.3 Å². The van der Waals surface area contributed by atoms with E-state index in [2.05, 4.69) is 32.4 Å². The minimum absolute atomic E-state index is 0.296. The number of alkyl carbamates (subject to hydrolysis) is 1. The number of carbonyl (C=O) groups is 1. The summed E-state index contributed by atoms with van der Waals surface area (Å²) in [5.41, 5.74) is 0. The van der Waals surface area contributed by atoms with Gasteiger partial charge in [0.2, 0.25) is 0 Å². The Kier molecular flexibility index (Phi) is 7.60. The molecule has 4 rings (SSSR count). The molecule has 0 bridgehead atoms. The molecule has 0 spiro atoms. The van der Waals surface area contributed by atoms with Crippen LogP contribution in [0.2, 0.25) is 0 Å². The fraction of sp³-hybridized carbons (Fsp3) is 0.812. The van der Waals surface area contributed by atoms with Gasteiger partial charge in [-0.2, -0.15) is 0 Å². The summed E-state index contributed by atoms with van der Waals surface area (Å²) in [5, 5.41) is 5.57. The van der Waals surface area contributed by atoms with Crippen molar-refractivity contribution in [2.24, 2.45) is 0 Å².